The van der Waals surface area contributed by atoms with Gasteiger partial charge in [0.25, 0.3) is 10.0 Å². The smallest absolute Gasteiger partial charge is 0.264 e. The number of benzene rings is 4. The zero-order chi connectivity index (χ0) is 30.8. The quantitative estimate of drug-likeness (QED) is 0.175. The third-order valence-corrected chi connectivity index (χ3v) is 9.34. The number of nitrogens with one attached hydrogen (secondary N) is 1. The zero-order valence-corrected chi connectivity index (χ0v) is 26.9. The molecule has 224 valence electrons. The Morgan fingerprint density at radius 2 is 1.49 bits per heavy atom. The summed E-state index contributed by atoms with van der Waals surface area (Å²) < 4.78 is 29.8. The van der Waals surface area contributed by atoms with E-state index in [1.807, 2.05) is 43.3 Å². The highest BCUT2D eigenvalue weighted by Crippen LogP contribution is 2.26. The standard InChI is InChI=1S/C33H33BrClN3O4S/c1-2-20-36-33(40)31(22-25-10-5-3-6-11-25)37(23-26-12-9-13-28(35)21-26)32(39)24-38(29-18-16-27(34)17-19-29)43(41,42)30-14-7-4-8-15-30/h3-19,21,31H,2,20,22-24H2,1H3,(H,36,40)/t31-/m1/s1. The molecule has 1 atom stereocenters. The Bertz CT molecular complexity index is 1620. The van der Waals surface area contributed by atoms with Crippen molar-refractivity contribution in [2.75, 3.05) is 17.4 Å². The second kappa shape index (κ2) is 15.2. The van der Waals surface area contributed by atoms with E-state index < -0.39 is 28.5 Å². The molecule has 2 amide bonds. The first-order chi connectivity index (χ1) is 20.7. The lowest BCUT2D eigenvalue weighted by molar-refractivity contribution is -0.140. The van der Waals surface area contributed by atoms with Crippen LogP contribution in [-0.2, 0) is 32.6 Å². The van der Waals surface area contributed by atoms with Crippen LogP contribution in [0.15, 0.2) is 119 Å². The Morgan fingerprint density at radius 3 is 2.12 bits per heavy atom. The zero-order valence-electron chi connectivity index (χ0n) is 23.7. The molecule has 0 aliphatic carbocycles. The maximum atomic E-state index is 14.4. The molecule has 0 radical (unpaired) electrons. The van der Waals surface area contributed by atoms with E-state index >= 15 is 0 Å². The molecule has 0 heterocycles. The third-order valence-electron chi connectivity index (χ3n) is 6.79. The van der Waals surface area contributed by atoms with Crippen molar-refractivity contribution in [3.63, 3.8) is 0 Å². The highest BCUT2D eigenvalue weighted by molar-refractivity contribution is 9.10. The molecule has 10 heteroatoms. The van der Waals surface area contributed by atoms with Crippen molar-refractivity contribution in [1.29, 1.82) is 0 Å². The van der Waals surface area contributed by atoms with Crippen molar-refractivity contribution >= 4 is 55.1 Å². The van der Waals surface area contributed by atoms with Crippen LogP contribution in [0.3, 0.4) is 0 Å². The molecule has 0 bridgehead atoms. The number of carbonyl (C=O) groups excluding carboxylic acids is 2. The molecule has 1 N–H and O–H groups in total. The van der Waals surface area contributed by atoms with Gasteiger partial charge in [0.05, 0.1) is 10.6 Å². The summed E-state index contributed by atoms with van der Waals surface area (Å²) in [4.78, 5) is 29.5. The van der Waals surface area contributed by atoms with Gasteiger partial charge in [-0.1, -0.05) is 95.1 Å². The van der Waals surface area contributed by atoms with Crippen LogP contribution in [0.4, 0.5) is 5.69 Å². The second-order valence-electron chi connectivity index (χ2n) is 9.95. The van der Waals surface area contributed by atoms with Crippen molar-refractivity contribution in [3.05, 3.63) is 130 Å². The number of carbonyl (C=O) groups is 2. The summed E-state index contributed by atoms with van der Waals surface area (Å²) in [5.41, 5.74) is 1.89. The van der Waals surface area contributed by atoms with Gasteiger partial charge < -0.3 is 10.2 Å². The van der Waals surface area contributed by atoms with Gasteiger partial charge in [-0.05, 0) is 66.1 Å². The van der Waals surface area contributed by atoms with Crippen molar-refractivity contribution in [3.8, 4) is 0 Å². The van der Waals surface area contributed by atoms with E-state index in [2.05, 4.69) is 21.2 Å². The Hall–Kier alpha value is -3.66. The van der Waals surface area contributed by atoms with Crippen LogP contribution in [0.1, 0.15) is 24.5 Å². The molecule has 4 aromatic carbocycles. The minimum atomic E-state index is -4.15. The lowest BCUT2D eigenvalue weighted by atomic mass is 10.0. The first-order valence-corrected chi connectivity index (χ1v) is 16.5. The largest absolute Gasteiger partial charge is 0.354 e. The van der Waals surface area contributed by atoms with Crippen molar-refractivity contribution < 1.29 is 18.0 Å². The topological polar surface area (TPSA) is 86.8 Å². The van der Waals surface area contributed by atoms with Crippen LogP contribution in [0.25, 0.3) is 0 Å². The number of sulfonamides is 1. The number of anilines is 1. The van der Waals surface area contributed by atoms with Gasteiger partial charge in [-0.3, -0.25) is 13.9 Å². The van der Waals surface area contributed by atoms with E-state index in [1.165, 1.54) is 17.0 Å². The van der Waals surface area contributed by atoms with Crippen molar-refractivity contribution in [2.24, 2.45) is 0 Å². The molecule has 0 aliphatic rings. The van der Waals surface area contributed by atoms with Gasteiger partial charge in [-0.15, -0.1) is 0 Å². The van der Waals surface area contributed by atoms with E-state index in [1.54, 1.807) is 60.7 Å². The fourth-order valence-electron chi connectivity index (χ4n) is 4.61. The predicted octanol–water partition coefficient (Wildman–Crippen LogP) is 6.46. The molecular formula is C33H33BrClN3O4S. The van der Waals surface area contributed by atoms with Crippen molar-refractivity contribution in [1.82, 2.24) is 10.2 Å². The fraction of sp³-hybridized carbons (Fsp3) is 0.212. The van der Waals surface area contributed by atoms with E-state index in [4.69, 9.17) is 11.6 Å². The van der Waals surface area contributed by atoms with Gasteiger partial charge in [0.2, 0.25) is 11.8 Å². The number of amides is 2. The molecule has 0 aliphatic heterocycles. The number of hydrogen-bond donors (Lipinski definition) is 1. The average molecular weight is 683 g/mol. The Labute approximate surface area is 266 Å². The molecule has 0 unspecified atom stereocenters. The van der Waals surface area contributed by atoms with Gasteiger partial charge in [0, 0.05) is 29.0 Å². The molecule has 0 aromatic heterocycles. The molecule has 0 spiro atoms. The van der Waals surface area contributed by atoms with Gasteiger partial charge in [0.15, 0.2) is 0 Å². The van der Waals surface area contributed by atoms with Gasteiger partial charge in [-0.25, -0.2) is 8.42 Å². The van der Waals surface area contributed by atoms with E-state index in [9.17, 15) is 18.0 Å². The summed E-state index contributed by atoms with van der Waals surface area (Å²) >= 11 is 9.67. The number of halogens is 2. The lowest BCUT2D eigenvalue weighted by Gasteiger charge is -2.34. The van der Waals surface area contributed by atoms with Gasteiger partial charge >= 0.3 is 0 Å². The molecule has 4 rings (SSSR count). The minimum Gasteiger partial charge on any atom is -0.354 e. The molecule has 0 saturated carbocycles. The summed E-state index contributed by atoms with van der Waals surface area (Å²) in [5, 5.41) is 3.43. The van der Waals surface area contributed by atoms with Gasteiger partial charge in [0.1, 0.15) is 12.6 Å². The number of rotatable bonds is 13. The van der Waals surface area contributed by atoms with Gasteiger partial charge in [-0.2, -0.15) is 0 Å². The summed E-state index contributed by atoms with van der Waals surface area (Å²) in [6.45, 7) is 1.92. The number of hydrogen-bond acceptors (Lipinski definition) is 4. The Morgan fingerprint density at radius 1 is 0.860 bits per heavy atom. The first kappa shape index (κ1) is 32.3. The summed E-state index contributed by atoms with van der Waals surface area (Å²) in [6.07, 6.45) is 0.963. The predicted molar refractivity (Wildman–Crippen MR) is 174 cm³/mol. The summed E-state index contributed by atoms with van der Waals surface area (Å²) in [7, 11) is -4.15. The monoisotopic (exact) mass is 681 g/mol. The first-order valence-electron chi connectivity index (χ1n) is 13.9. The molecule has 7 nitrogen and oxygen atoms in total. The Kier molecular flexibility index (Phi) is 11.4. The van der Waals surface area contributed by atoms with E-state index in [-0.39, 0.29) is 23.8 Å². The van der Waals surface area contributed by atoms with Crippen LogP contribution < -0.4 is 9.62 Å². The fourth-order valence-corrected chi connectivity index (χ4v) is 6.52. The average Bonchev–Trinajstić information content (AvgIpc) is 3.01. The highest BCUT2D eigenvalue weighted by atomic mass is 79.9. The van der Waals surface area contributed by atoms with Crippen LogP contribution >= 0.6 is 27.5 Å². The summed E-state index contributed by atoms with van der Waals surface area (Å²) in [5.74, 6) is -0.850. The highest BCUT2D eigenvalue weighted by Gasteiger charge is 2.34. The van der Waals surface area contributed by atoms with Crippen LogP contribution in [0.2, 0.25) is 5.02 Å². The maximum Gasteiger partial charge on any atom is 0.264 e. The van der Waals surface area contributed by atoms with E-state index in [0.717, 1.165) is 20.8 Å². The molecule has 43 heavy (non-hydrogen) atoms. The summed E-state index contributed by atoms with van der Waals surface area (Å²) in [6, 6.07) is 30.3. The normalized spacial score (nSPS) is 11.9. The lowest BCUT2D eigenvalue weighted by Crippen LogP contribution is -2.53. The number of nitrogens with zero attached hydrogens (tertiary/aromatic N) is 2. The van der Waals surface area contributed by atoms with Crippen LogP contribution in [-0.4, -0.2) is 44.3 Å². The SMILES string of the molecule is CCCNC(=O)[C@@H](Cc1ccccc1)N(Cc1cccc(Cl)c1)C(=O)CN(c1ccc(Br)cc1)S(=O)(=O)c1ccccc1. The van der Waals surface area contributed by atoms with Crippen molar-refractivity contribution in [2.45, 2.75) is 37.2 Å². The molecule has 0 fully saturated rings. The van der Waals surface area contributed by atoms with Crippen LogP contribution in [0.5, 0.6) is 0 Å². The molecule has 0 saturated heterocycles. The molecular weight excluding hydrogens is 650 g/mol. The third kappa shape index (κ3) is 8.69. The maximum absolute atomic E-state index is 14.4. The second-order valence-corrected chi connectivity index (χ2v) is 13.2. The Balaban J connectivity index is 1.78. The molecule has 4 aromatic rings. The van der Waals surface area contributed by atoms with E-state index in [0.29, 0.717) is 22.8 Å². The van der Waals surface area contributed by atoms with Crippen LogP contribution in [0, 0.1) is 0 Å². The minimum absolute atomic E-state index is 0.0497.